The number of nitrogens with zero attached hydrogens (tertiary/aromatic N) is 2. The van der Waals surface area contributed by atoms with E-state index in [0.29, 0.717) is 13.0 Å². The van der Waals surface area contributed by atoms with Crippen molar-refractivity contribution in [3.05, 3.63) is 70.2 Å². The van der Waals surface area contributed by atoms with Crippen LogP contribution in [0.3, 0.4) is 0 Å². The highest BCUT2D eigenvalue weighted by atomic mass is 79.9. The van der Waals surface area contributed by atoms with Crippen molar-refractivity contribution in [2.75, 3.05) is 18.5 Å². The lowest BCUT2D eigenvalue weighted by Gasteiger charge is -2.16. The average molecular weight is 413 g/mol. The molecule has 1 aliphatic heterocycles. The van der Waals surface area contributed by atoms with Crippen molar-refractivity contribution >= 4 is 39.5 Å². The highest BCUT2D eigenvalue weighted by Crippen LogP contribution is 2.22. The molecule has 0 saturated carbocycles. The normalized spacial score (nSPS) is 14.2. The second kappa shape index (κ2) is 8.32. The molecule has 134 valence electrons. The van der Waals surface area contributed by atoms with Gasteiger partial charge in [0.15, 0.2) is 0 Å². The number of carbonyl (C=O) groups is 2. The zero-order chi connectivity index (χ0) is 18.5. The van der Waals surface area contributed by atoms with Crippen molar-refractivity contribution in [2.45, 2.75) is 19.4 Å². The van der Waals surface area contributed by atoms with E-state index >= 15 is 0 Å². The summed E-state index contributed by atoms with van der Waals surface area (Å²) in [5, 5.41) is 0. The highest BCUT2D eigenvalue weighted by Gasteiger charge is 2.21. The summed E-state index contributed by atoms with van der Waals surface area (Å²) >= 11 is 3.50. The van der Waals surface area contributed by atoms with Crippen molar-refractivity contribution in [2.24, 2.45) is 0 Å². The molecule has 0 N–H and O–H groups in total. The molecule has 5 heteroatoms. The van der Waals surface area contributed by atoms with Crippen LogP contribution in [0.5, 0.6) is 0 Å². The molecule has 0 radical (unpaired) electrons. The lowest BCUT2D eigenvalue weighted by Crippen LogP contribution is -2.24. The van der Waals surface area contributed by atoms with E-state index in [1.165, 1.54) is 0 Å². The molecular weight excluding hydrogens is 392 g/mol. The van der Waals surface area contributed by atoms with Crippen LogP contribution in [0.4, 0.5) is 5.69 Å². The van der Waals surface area contributed by atoms with Gasteiger partial charge in [-0.05, 0) is 41.8 Å². The molecule has 0 unspecified atom stereocenters. The third-order valence-electron chi connectivity index (χ3n) is 4.44. The highest BCUT2D eigenvalue weighted by molar-refractivity contribution is 9.10. The Bertz CT molecular complexity index is 830. The number of carbonyl (C=O) groups excluding carboxylic acids is 2. The topological polar surface area (TPSA) is 40.6 Å². The maximum Gasteiger partial charge on any atom is 0.246 e. The van der Waals surface area contributed by atoms with E-state index in [2.05, 4.69) is 15.9 Å². The SMILES string of the molecule is CN(Cc1ccccc1Br)C(=O)C=Cc1ccc(N2CCCC2=O)cc1. The van der Waals surface area contributed by atoms with Crippen LogP contribution < -0.4 is 4.90 Å². The number of rotatable bonds is 5. The molecule has 1 saturated heterocycles. The van der Waals surface area contributed by atoms with E-state index in [-0.39, 0.29) is 11.8 Å². The summed E-state index contributed by atoms with van der Waals surface area (Å²) in [5.74, 6) is 0.122. The number of likely N-dealkylation sites (N-methyl/N-ethyl adjacent to an activating group) is 1. The Labute approximate surface area is 162 Å². The summed E-state index contributed by atoms with van der Waals surface area (Å²) in [7, 11) is 1.79. The summed E-state index contributed by atoms with van der Waals surface area (Å²) in [6, 6.07) is 15.6. The molecule has 0 spiro atoms. The maximum atomic E-state index is 12.3. The third kappa shape index (κ3) is 4.41. The number of benzene rings is 2. The molecule has 2 aromatic rings. The zero-order valence-corrected chi connectivity index (χ0v) is 16.3. The number of amides is 2. The van der Waals surface area contributed by atoms with Gasteiger partial charge in [-0.2, -0.15) is 0 Å². The van der Waals surface area contributed by atoms with E-state index in [9.17, 15) is 9.59 Å². The Kier molecular flexibility index (Phi) is 5.89. The monoisotopic (exact) mass is 412 g/mol. The van der Waals surface area contributed by atoms with Crippen molar-refractivity contribution in [1.29, 1.82) is 0 Å². The molecule has 4 nitrogen and oxygen atoms in total. The van der Waals surface area contributed by atoms with Gasteiger partial charge in [0, 0.05) is 42.8 Å². The first-order chi connectivity index (χ1) is 12.5. The molecule has 0 bridgehead atoms. The Morgan fingerprint density at radius 1 is 1.19 bits per heavy atom. The van der Waals surface area contributed by atoms with Gasteiger partial charge in [0.2, 0.25) is 11.8 Å². The largest absolute Gasteiger partial charge is 0.338 e. The van der Waals surface area contributed by atoms with Gasteiger partial charge >= 0.3 is 0 Å². The molecule has 0 aromatic heterocycles. The fourth-order valence-corrected chi connectivity index (χ4v) is 3.35. The molecule has 0 aliphatic carbocycles. The smallest absolute Gasteiger partial charge is 0.246 e. The Morgan fingerprint density at radius 3 is 2.58 bits per heavy atom. The van der Waals surface area contributed by atoms with Crippen LogP contribution in [0, 0.1) is 0 Å². The second-order valence-corrected chi connectivity index (χ2v) is 7.21. The van der Waals surface area contributed by atoms with Gasteiger partial charge in [-0.25, -0.2) is 0 Å². The summed E-state index contributed by atoms with van der Waals surface area (Å²) in [5.41, 5.74) is 2.92. The first kappa shape index (κ1) is 18.4. The van der Waals surface area contributed by atoms with Gasteiger partial charge in [0.1, 0.15) is 0 Å². The van der Waals surface area contributed by atoms with Gasteiger partial charge in [-0.15, -0.1) is 0 Å². The summed E-state index contributed by atoms with van der Waals surface area (Å²) in [6.45, 7) is 1.33. The van der Waals surface area contributed by atoms with Gasteiger partial charge in [-0.1, -0.05) is 46.3 Å². The molecule has 26 heavy (non-hydrogen) atoms. The quantitative estimate of drug-likeness (QED) is 0.688. The zero-order valence-electron chi connectivity index (χ0n) is 14.7. The molecule has 3 rings (SSSR count). The number of hydrogen-bond donors (Lipinski definition) is 0. The van der Waals surface area contributed by atoms with E-state index in [1.807, 2.05) is 53.4 Å². The fraction of sp³-hybridized carbons (Fsp3) is 0.238. The van der Waals surface area contributed by atoms with E-state index < -0.39 is 0 Å². The number of anilines is 1. The first-order valence-corrected chi connectivity index (χ1v) is 9.41. The van der Waals surface area contributed by atoms with Crippen LogP contribution in [0.1, 0.15) is 24.0 Å². The van der Waals surface area contributed by atoms with Crippen molar-refractivity contribution < 1.29 is 9.59 Å². The first-order valence-electron chi connectivity index (χ1n) is 8.61. The van der Waals surface area contributed by atoms with Crippen LogP contribution in [-0.4, -0.2) is 30.3 Å². The third-order valence-corrected chi connectivity index (χ3v) is 5.21. The average Bonchev–Trinajstić information content (AvgIpc) is 3.08. The molecule has 1 heterocycles. The fourth-order valence-electron chi connectivity index (χ4n) is 2.94. The molecule has 1 aliphatic rings. The van der Waals surface area contributed by atoms with Crippen LogP contribution in [0.15, 0.2) is 59.1 Å². The van der Waals surface area contributed by atoms with E-state index in [4.69, 9.17) is 0 Å². The predicted octanol–water partition coefficient (Wildman–Crippen LogP) is 4.25. The minimum absolute atomic E-state index is 0.0560. The standard InChI is InChI=1S/C21H21BrN2O2/c1-23(15-17-5-2-3-6-19(17)22)20(25)13-10-16-8-11-18(12-9-16)24-14-4-7-21(24)26/h2-3,5-6,8-13H,4,7,14-15H2,1H3. The molecule has 2 amide bonds. The maximum absolute atomic E-state index is 12.3. The summed E-state index contributed by atoms with van der Waals surface area (Å²) in [6.07, 6.45) is 4.92. The molecule has 1 fully saturated rings. The number of halogens is 1. The van der Waals surface area contributed by atoms with Gasteiger partial charge in [-0.3, -0.25) is 9.59 Å². The Balaban J connectivity index is 1.61. The minimum atomic E-state index is -0.0560. The van der Waals surface area contributed by atoms with E-state index in [1.54, 1.807) is 24.1 Å². The lowest BCUT2D eigenvalue weighted by atomic mass is 10.1. The van der Waals surface area contributed by atoms with Crippen LogP contribution in [0.2, 0.25) is 0 Å². The second-order valence-electron chi connectivity index (χ2n) is 6.36. The van der Waals surface area contributed by atoms with Crippen LogP contribution in [0.25, 0.3) is 6.08 Å². The summed E-state index contributed by atoms with van der Waals surface area (Å²) in [4.78, 5) is 27.6. The number of hydrogen-bond acceptors (Lipinski definition) is 2. The Hall–Kier alpha value is -2.40. The van der Waals surface area contributed by atoms with Crippen molar-refractivity contribution in [1.82, 2.24) is 4.90 Å². The predicted molar refractivity (Wildman–Crippen MR) is 108 cm³/mol. The van der Waals surface area contributed by atoms with Gasteiger partial charge in [0.25, 0.3) is 0 Å². The molecule has 0 atom stereocenters. The van der Waals surface area contributed by atoms with E-state index in [0.717, 1.165) is 34.3 Å². The van der Waals surface area contributed by atoms with Crippen LogP contribution in [-0.2, 0) is 16.1 Å². The molecule has 2 aromatic carbocycles. The van der Waals surface area contributed by atoms with Gasteiger partial charge in [0.05, 0.1) is 0 Å². The molecular formula is C21H21BrN2O2. The minimum Gasteiger partial charge on any atom is -0.338 e. The van der Waals surface area contributed by atoms with Crippen molar-refractivity contribution in [3.8, 4) is 0 Å². The lowest BCUT2D eigenvalue weighted by molar-refractivity contribution is -0.125. The Morgan fingerprint density at radius 2 is 1.92 bits per heavy atom. The summed E-state index contributed by atoms with van der Waals surface area (Å²) < 4.78 is 0.996. The van der Waals surface area contributed by atoms with Crippen molar-refractivity contribution in [3.63, 3.8) is 0 Å². The van der Waals surface area contributed by atoms with Gasteiger partial charge < -0.3 is 9.80 Å². The van der Waals surface area contributed by atoms with Crippen LogP contribution >= 0.6 is 15.9 Å².